The molecule has 1 N–H and O–H groups in total. The number of nitrogens with one attached hydrogen (secondary N) is 1. The van der Waals surface area contributed by atoms with E-state index in [-0.39, 0.29) is 41.4 Å². The zero-order chi connectivity index (χ0) is 22.4. The van der Waals surface area contributed by atoms with E-state index in [1.807, 2.05) is 32.0 Å². The molecule has 0 aromatic heterocycles. The number of fused-ring (bicyclic) bond motifs is 5. The average molecular weight is 427 g/mol. The monoisotopic (exact) mass is 426 g/mol. The maximum absolute atomic E-state index is 13.1. The van der Waals surface area contributed by atoms with Gasteiger partial charge in [0.05, 0.1) is 11.8 Å². The second kappa shape index (κ2) is 8.09. The lowest BCUT2D eigenvalue weighted by molar-refractivity contribution is -0.162. The van der Waals surface area contributed by atoms with Crippen LogP contribution in [0.3, 0.4) is 0 Å². The van der Waals surface area contributed by atoms with Crippen molar-refractivity contribution in [2.45, 2.75) is 53.0 Å². The van der Waals surface area contributed by atoms with Gasteiger partial charge in [0.15, 0.2) is 6.61 Å². The summed E-state index contributed by atoms with van der Waals surface area (Å²) in [5.74, 6) is -2.01. The molecule has 3 aliphatic rings. The van der Waals surface area contributed by atoms with Gasteiger partial charge < -0.3 is 10.1 Å². The van der Waals surface area contributed by atoms with Gasteiger partial charge in [-0.25, -0.2) is 4.79 Å². The van der Waals surface area contributed by atoms with Crippen LogP contribution in [0.5, 0.6) is 0 Å². The summed E-state index contributed by atoms with van der Waals surface area (Å²) in [5.41, 5.74) is 2.57. The number of carbonyl (C=O) groups excluding carboxylic acids is 4. The molecule has 3 amide bonds. The Morgan fingerprint density at radius 1 is 1.10 bits per heavy atom. The molecule has 2 aliphatic carbocycles. The summed E-state index contributed by atoms with van der Waals surface area (Å²) in [6.45, 7) is 6.90. The molecule has 5 atom stereocenters. The Hall–Kier alpha value is -2.70. The molecule has 31 heavy (non-hydrogen) atoms. The van der Waals surface area contributed by atoms with Gasteiger partial charge in [0.2, 0.25) is 11.8 Å². The van der Waals surface area contributed by atoms with Crippen LogP contribution in [0, 0.1) is 43.4 Å². The number of esters is 1. The van der Waals surface area contributed by atoms with Crippen molar-refractivity contribution in [2.24, 2.45) is 29.6 Å². The molecule has 0 spiro atoms. The molecule has 1 aromatic rings. The molecule has 166 valence electrons. The minimum absolute atomic E-state index is 0.238. The molecule has 1 aromatic carbocycles. The topological polar surface area (TPSA) is 92.8 Å². The number of benzene rings is 1. The highest BCUT2D eigenvalue weighted by molar-refractivity contribution is 6.08. The highest BCUT2D eigenvalue weighted by Gasteiger charge is 2.62. The molecule has 0 unspecified atom stereocenters. The van der Waals surface area contributed by atoms with Gasteiger partial charge in [-0.1, -0.05) is 26.0 Å². The number of likely N-dealkylation sites (tertiary alicyclic amines) is 1. The van der Waals surface area contributed by atoms with Crippen LogP contribution in [0.4, 0.5) is 5.69 Å². The van der Waals surface area contributed by atoms with Crippen molar-refractivity contribution >= 4 is 29.4 Å². The fraction of sp³-hybridized carbons (Fsp3) is 0.583. The summed E-state index contributed by atoms with van der Waals surface area (Å²) in [4.78, 5) is 52.6. The standard InChI is InChI=1S/C24H30N2O5/c1-12(2)21(26-22(28)19-15-7-8-16(10-15)20(19)23(26)29)24(30)31-11-18(27)25-17-9-13(3)5-6-14(17)4/h5-6,9,12,15-16,19-21H,7-8,10-11H2,1-4H3,(H,25,27)/t15-,16-,19-,20+,21+/m0/s1. The van der Waals surface area contributed by atoms with E-state index in [4.69, 9.17) is 4.74 Å². The Morgan fingerprint density at radius 2 is 1.71 bits per heavy atom. The van der Waals surface area contributed by atoms with Crippen molar-refractivity contribution in [1.29, 1.82) is 0 Å². The van der Waals surface area contributed by atoms with Gasteiger partial charge in [0.25, 0.3) is 5.91 Å². The minimum atomic E-state index is -1.00. The summed E-state index contributed by atoms with van der Waals surface area (Å²) in [5, 5.41) is 2.75. The summed E-state index contributed by atoms with van der Waals surface area (Å²) < 4.78 is 5.27. The van der Waals surface area contributed by atoms with E-state index in [1.165, 1.54) is 0 Å². The number of aryl methyl sites for hydroxylation is 2. The smallest absolute Gasteiger partial charge is 0.330 e. The normalized spacial score (nSPS) is 27.6. The van der Waals surface area contributed by atoms with E-state index < -0.39 is 24.5 Å². The molecule has 7 nitrogen and oxygen atoms in total. The van der Waals surface area contributed by atoms with E-state index >= 15 is 0 Å². The van der Waals surface area contributed by atoms with Crippen molar-refractivity contribution in [3.8, 4) is 0 Å². The number of imide groups is 1. The second-order valence-corrected chi connectivity index (χ2v) is 9.59. The average Bonchev–Trinajstić information content (AvgIpc) is 3.39. The van der Waals surface area contributed by atoms with Gasteiger partial charge in [-0.05, 0) is 68.1 Å². The maximum Gasteiger partial charge on any atom is 0.330 e. The molecular weight excluding hydrogens is 396 g/mol. The predicted octanol–water partition coefficient (Wildman–Crippen LogP) is 2.84. The first-order chi connectivity index (χ1) is 14.7. The van der Waals surface area contributed by atoms with Crippen LogP contribution in [0.15, 0.2) is 18.2 Å². The van der Waals surface area contributed by atoms with Crippen LogP contribution in [-0.4, -0.2) is 41.2 Å². The van der Waals surface area contributed by atoms with Crippen molar-refractivity contribution in [2.75, 3.05) is 11.9 Å². The van der Waals surface area contributed by atoms with Crippen LogP contribution in [-0.2, 0) is 23.9 Å². The SMILES string of the molecule is Cc1ccc(C)c(NC(=O)COC(=O)[C@@H](C(C)C)N2C(=O)[C@@H]3[C@H]4CC[C@@H](C4)[C@@H]3C2=O)c1. The number of carbonyl (C=O) groups is 4. The van der Waals surface area contributed by atoms with Crippen molar-refractivity contribution in [3.05, 3.63) is 29.3 Å². The lowest BCUT2D eigenvalue weighted by Gasteiger charge is -2.28. The molecule has 2 bridgehead atoms. The lowest BCUT2D eigenvalue weighted by Crippen LogP contribution is -2.50. The van der Waals surface area contributed by atoms with Crippen LogP contribution < -0.4 is 5.32 Å². The highest BCUT2D eigenvalue weighted by atomic mass is 16.5. The zero-order valence-electron chi connectivity index (χ0n) is 18.5. The Morgan fingerprint density at radius 3 is 2.29 bits per heavy atom. The molecule has 1 saturated heterocycles. The summed E-state index contributed by atoms with van der Waals surface area (Å²) >= 11 is 0. The van der Waals surface area contributed by atoms with Crippen LogP contribution in [0.1, 0.15) is 44.2 Å². The molecule has 3 fully saturated rings. The fourth-order valence-electron chi connectivity index (χ4n) is 5.66. The van der Waals surface area contributed by atoms with Crippen LogP contribution in [0.2, 0.25) is 0 Å². The third-order valence-electron chi connectivity index (χ3n) is 7.13. The molecule has 4 rings (SSSR count). The Balaban J connectivity index is 1.42. The quantitative estimate of drug-likeness (QED) is 0.558. The number of amides is 3. The zero-order valence-corrected chi connectivity index (χ0v) is 18.5. The van der Waals surface area contributed by atoms with Gasteiger partial charge in [-0.3, -0.25) is 19.3 Å². The van der Waals surface area contributed by atoms with Crippen LogP contribution in [0.25, 0.3) is 0 Å². The van der Waals surface area contributed by atoms with E-state index in [9.17, 15) is 19.2 Å². The first-order valence-corrected chi connectivity index (χ1v) is 11.1. The molecule has 2 saturated carbocycles. The minimum Gasteiger partial charge on any atom is -0.454 e. The largest absolute Gasteiger partial charge is 0.454 e. The van der Waals surface area contributed by atoms with Gasteiger partial charge >= 0.3 is 5.97 Å². The van der Waals surface area contributed by atoms with Gasteiger partial charge in [-0.2, -0.15) is 0 Å². The molecule has 1 aliphatic heterocycles. The Labute approximate surface area is 182 Å². The number of hydrogen-bond donors (Lipinski definition) is 1. The fourth-order valence-corrected chi connectivity index (χ4v) is 5.66. The summed E-state index contributed by atoms with van der Waals surface area (Å²) in [6, 6.07) is 4.70. The van der Waals surface area contributed by atoms with Gasteiger partial charge in [-0.15, -0.1) is 0 Å². The third kappa shape index (κ3) is 3.75. The summed E-state index contributed by atoms with van der Waals surface area (Å²) in [6.07, 6.45) is 2.90. The predicted molar refractivity (Wildman–Crippen MR) is 114 cm³/mol. The van der Waals surface area contributed by atoms with Gasteiger partial charge in [0.1, 0.15) is 6.04 Å². The number of nitrogens with zero attached hydrogens (tertiary/aromatic N) is 1. The van der Waals surface area contributed by atoms with E-state index in [1.54, 1.807) is 13.8 Å². The number of anilines is 1. The number of hydrogen-bond acceptors (Lipinski definition) is 5. The lowest BCUT2D eigenvalue weighted by atomic mass is 9.81. The van der Waals surface area contributed by atoms with E-state index in [0.717, 1.165) is 35.3 Å². The molecular formula is C24H30N2O5. The number of rotatable bonds is 6. The summed E-state index contributed by atoms with van der Waals surface area (Å²) in [7, 11) is 0. The molecule has 7 heteroatoms. The maximum atomic E-state index is 13.1. The van der Waals surface area contributed by atoms with Crippen molar-refractivity contribution < 1.29 is 23.9 Å². The third-order valence-corrected chi connectivity index (χ3v) is 7.13. The first-order valence-electron chi connectivity index (χ1n) is 11.1. The molecule has 1 heterocycles. The van der Waals surface area contributed by atoms with E-state index in [0.29, 0.717) is 5.69 Å². The van der Waals surface area contributed by atoms with Crippen LogP contribution >= 0.6 is 0 Å². The highest BCUT2D eigenvalue weighted by Crippen LogP contribution is 2.56. The van der Waals surface area contributed by atoms with E-state index in [2.05, 4.69) is 5.32 Å². The van der Waals surface area contributed by atoms with Crippen molar-refractivity contribution in [3.63, 3.8) is 0 Å². The number of ether oxygens (including phenoxy) is 1. The Kier molecular flexibility index (Phi) is 5.62. The van der Waals surface area contributed by atoms with Crippen molar-refractivity contribution in [1.82, 2.24) is 4.90 Å². The first kappa shape index (κ1) is 21.5. The Bertz CT molecular complexity index is 912. The van der Waals surface area contributed by atoms with Gasteiger partial charge in [0, 0.05) is 5.69 Å². The second-order valence-electron chi connectivity index (χ2n) is 9.59. The molecule has 0 radical (unpaired) electrons.